The van der Waals surface area contributed by atoms with Crippen molar-refractivity contribution in [2.75, 3.05) is 4.98 Å². The van der Waals surface area contributed by atoms with Crippen LogP contribution in [0, 0.1) is 6.92 Å². The third-order valence-corrected chi connectivity index (χ3v) is 8.79. The highest BCUT2D eigenvalue weighted by atomic mass is 28.4. The predicted octanol–water partition coefficient (Wildman–Crippen LogP) is 5.94. The van der Waals surface area contributed by atoms with Crippen LogP contribution in [0.2, 0.25) is 12.1 Å². The van der Waals surface area contributed by atoms with E-state index >= 15 is 0 Å². The number of aryl methyl sites for hydroxylation is 1. The van der Waals surface area contributed by atoms with E-state index in [4.69, 9.17) is 13.8 Å². The van der Waals surface area contributed by atoms with Crippen LogP contribution in [0.4, 0.5) is 11.4 Å². The van der Waals surface area contributed by atoms with E-state index < -0.39 is 8.48 Å². The minimum atomic E-state index is -2.42. The van der Waals surface area contributed by atoms with Gasteiger partial charge in [0, 0.05) is 6.07 Å². The van der Waals surface area contributed by atoms with Gasteiger partial charge in [-0.1, -0.05) is 51.7 Å². The zero-order valence-electron chi connectivity index (χ0n) is 17.3. The van der Waals surface area contributed by atoms with Gasteiger partial charge in [0.1, 0.15) is 17.1 Å². The highest BCUT2D eigenvalue weighted by Gasteiger charge is 2.39. The van der Waals surface area contributed by atoms with Gasteiger partial charge in [0.15, 0.2) is 0 Å². The van der Waals surface area contributed by atoms with Crippen molar-refractivity contribution < 1.29 is 8.84 Å². The molecule has 6 heteroatoms. The molecule has 3 rings (SSSR count). The third kappa shape index (κ3) is 4.38. The lowest BCUT2D eigenvalue weighted by Gasteiger charge is -2.33. The Bertz CT molecular complexity index is 912. The summed E-state index contributed by atoms with van der Waals surface area (Å²) in [6, 6.07) is 11.8. The molecule has 1 aliphatic heterocycles. The Balaban J connectivity index is 2.23. The quantitative estimate of drug-likeness (QED) is 0.612. The van der Waals surface area contributed by atoms with Crippen LogP contribution in [0.1, 0.15) is 57.8 Å². The van der Waals surface area contributed by atoms with Crippen molar-refractivity contribution in [3.05, 3.63) is 52.1 Å². The summed E-state index contributed by atoms with van der Waals surface area (Å²) < 4.78 is 12.2. The molecule has 1 aromatic heterocycles. The summed E-state index contributed by atoms with van der Waals surface area (Å²) in [5.41, 5.74) is 2.49. The number of fused-ring (bicyclic) bond motifs is 2. The van der Waals surface area contributed by atoms with Gasteiger partial charge in [0.2, 0.25) is 0 Å². The Morgan fingerprint density at radius 2 is 1.75 bits per heavy atom. The zero-order chi connectivity index (χ0) is 20.1. The average molecular weight is 399 g/mol. The lowest BCUT2D eigenvalue weighted by molar-refractivity contribution is 0.455. The molecule has 1 aliphatic rings. The van der Waals surface area contributed by atoms with Crippen molar-refractivity contribution in [1.82, 2.24) is 0 Å². The number of benzene rings is 1. The molecule has 0 saturated heterocycles. The van der Waals surface area contributed by atoms with Crippen molar-refractivity contribution in [3.8, 4) is 5.75 Å². The number of nitrogens with one attached hydrogen (secondary N) is 1. The molecule has 0 fully saturated rings. The first-order chi connectivity index (χ1) is 13.5. The maximum Gasteiger partial charge on any atom is 0.358 e. The number of unbranched alkanes of at least 4 members (excludes halogenated alkanes) is 2. The third-order valence-electron chi connectivity index (χ3n) is 5.13. The second kappa shape index (κ2) is 8.77. The van der Waals surface area contributed by atoms with Crippen molar-refractivity contribution in [3.63, 3.8) is 0 Å². The monoisotopic (exact) mass is 398 g/mol. The topological polar surface area (TPSA) is 63.8 Å². The number of hydrogen-bond donors (Lipinski definition) is 1. The first kappa shape index (κ1) is 20.4. The van der Waals surface area contributed by atoms with E-state index in [1.54, 1.807) is 6.92 Å². The molecule has 1 aromatic carbocycles. The molecule has 5 nitrogen and oxygen atoms in total. The molecule has 0 bridgehead atoms. The zero-order valence-corrected chi connectivity index (χ0v) is 18.3. The Morgan fingerprint density at radius 1 is 1.07 bits per heavy atom. The summed E-state index contributed by atoms with van der Waals surface area (Å²) >= 11 is 0. The number of rotatable bonds is 6. The van der Waals surface area contributed by atoms with Gasteiger partial charge in [-0.05, 0) is 38.1 Å². The molecule has 2 heterocycles. The summed E-state index contributed by atoms with van der Waals surface area (Å²) in [5, 5.41) is 0. The first-order valence-corrected chi connectivity index (χ1v) is 12.6. The number of para-hydroxylation sites is 2. The summed E-state index contributed by atoms with van der Waals surface area (Å²) in [6.07, 6.45) is 4.37. The van der Waals surface area contributed by atoms with E-state index in [1.807, 2.05) is 31.2 Å². The molecule has 0 aliphatic carbocycles. The molecular weight excluding hydrogens is 368 g/mol. The molecule has 0 amide bonds. The number of nitrogens with zero attached hydrogens (tertiary/aromatic N) is 1. The summed E-state index contributed by atoms with van der Waals surface area (Å²) in [7, 11) is -2.42. The van der Waals surface area contributed by atoms with Crippen LogP contribution in [-0.2, 0) is 0 Å². The van der Waals surface area contributed by atoms with E-state index in [0.717, 1.165) is 49.1 Å². The van der Waals surface area contributed by atoms with Crippen molar-refractivity contribution in [2.24, 2.45) is 4.99 Å². The lowest BCUT2D eigenvalue weighted by atomic mass is 10.1. The fourth-order valence-electron chi connectivity index (χ4n) is 3.66. The molecule has 28 heavy (non-hydrogen) atoms. The highest BCUT2D eigenvalue weighted by Crippen LogP contribution is 2.35. The van der Waals surface area contributed by atoms with Gasteiger partial charge < -0.3 is 13.8 Å². The van der Waals surface area contributed by atoms with E-state index in [-0.39, 0.29) is 5.63 Å². The van der Waals surface area contributed by atoms with E-state index in [9.17, 15) is 4.79 Å². The van der Waals surface area contributed by atoms with Crippen LogP contribution < -0.4 is 15.0 Å². The van der Waals surface area contributed by atoms with Crippen LogP contribution in [0.25, 0.3) is 0 Å². The first-order valence-electron chi connectivity index (χ1n) is 10.2. The molecule has 1 N–H and O–H groups in total. The summed E-state index contributed by atoms with van der Waals surface area (Å²) in [5.74, 6) is 1.16. The fourth-order valence-corrected chi connectivity index (χ4v) is 7.55. The van der Waals surface area contributed by atoms with Crippen molar-refractivity contribution >= 4 is 25.6 Å². The summed E-state index contributed by atoms with van der Waals surface area (Å²) in [6.45, 7) is 8.03. The SMILES string of the molecule is CCCC[Si]1(CCCC)Nc2ccccc2N=C(C)c2c(cc(C)oc2=O)O1. The molecule has 150 valence electrons. The Labute approximate surface area is 168 Å². The minimum absolute atomic E-state index is 0.385. The predicted molar refractivity (Wildman–Crippen MR) is 117 cm³/mol. The van der Waals surface area contributed by atoms with Gasteiger partial charge in [0.25, 0.3) is 0 Å². The Hall–Kier alpha value is -2.34. The second-order valence-corrected chi connectivity index (χ2v) is 11.0. The van der Waals surface area contributed by atoms with Crippen LogP contribution >= 0.6 is 0 Å². The van der Waals surface area contributed by atoms with Crippen LogP contribution in [0.15, 0.2) is 44.5 Å². The maximum atomic E-state index is 12.7. The molecule has 2 aromatic rings. The van der Waals surface area contributed by atoms with E-state index in [0.29, 0.717) is 22.8 Å². The van der Waals surface area contributed by atoms with Crippen LogP contribution in [0.3, 0.4) is 0 Å². The standard InChI is InChI=1S/C22H30N2O3Si/c1-5-7-13-28(14-8-6-2)24-19-12-10-9-11-18(19)23-17(4)21-20(27-28)15-16(3)26-22(21)25/h9-12,15,24H,5-8,13-14H2,1-4H3. The normalized spacial score (nSPS) is 15.1. The van der Waals surface area contributed by atoms with E-state index in [2.05, 4.69) is 24.9 Å². The molecule has 0 saturated carbocycles. The summed E-state index contributed by atoms with van der Waals surface area (Å²) in [4.78, 5) is 21.2. The molecule has 0 spiro atoms. The number of aliphatic imine (C=N–C) groups is 1. The lowest BCUT2D eigenvalue weighted by Crippen LogP contribution is -2.50. The van der Waals surface area contributed by atoms with Gasteiger partial charge in [-0.15, -0.1) is 0 Å². The molecule has 0 atom stereocenters. The van der Waals surface area contributed by atoms with Gasteiger partial charge in [-0.2, -0.15) is 0 Å². The number of hydrogen-bond acceptors (Lipinski definition) is 5. The Morgan fingerprint density at radius 3 is 2.43 bits per heavy atom. The molecule has 0 radical (unpaired) electrons. The van der Waals surface area contributed by atoms with Gasteiger partial charge in [-0.25, -0.2) is 4.79 Å². The fraction of sp³-hybridized carbons (Fsp3) is 0.455. The van der Waals surface area contributed by atoms with Gasteiger partial charge in [-0.3, -0.25) is 4.99 Å². The Kier molecular flexibility index (Phi) is 6.39. The van der Waals surface area contributed by atoms with E-state index in [1.165, 1.54) is 0 Å². The van der Waals surface area contributed by atoms with Crippen molar-refractivity contribution in [1.29, 1.82) is 0 Å². The largest absolute Gasteiger partial charge is 0.524 e. The van der Waals surface area contributed by atoms with Crippen molar-refractivity contribution in [2.45, 2.75) is 65.5 Å². The second-order valence-electron chi connectivity index (χ2n) is 7.53. The number of anilines is 1. The highest BCUT2D eigenvalue weighted by molar-refractivity contribution is 6.77. The molecule has 0 unspecified atom stereocenters. The minimum Gasteiger partial charge on any atom is -0.524 e. The van der Waals surface area contributed by atoms with Gasteiger partial charge in [0.05, 0.1) is 17.1 Å². The van der Waals surface area contributed by atoms with Gasteiger partial charge >= 0.3 is 14.1 Å². The smallest absolute Gasteiger partial charge is 0.358 e. The van der Waals surface area contributed by atoms with Crippen LogP contribution in [0.5, 0.6) is 5.75 Å². The maximum absolute atomic E-state index is 12.7. The average Bonchev–Trinajstić information content (AvgIpc) is 2.70. The van der Waals surface area contributed by atoms with Crippen LogP contribution in [-0.4, -0.2) is 14.2 Å². The molecular formula is C22H30N2O3Si.